The molecule has 12 heterocycles. The zero-order valence-electron chi connectivity index (χ0n) is 65.6. The Bertz CT molecular complexity index is 4880. The third-order valence-corrected chi connectivity index (χ3v) is 24.0. The molecule has 4 aliphatic rings. The van der Waals surface area contributed by atoms with E-state index in [4.69, 9.17) is 135 Å². The molecule has 0 spiro atoms. The van der Waals surface area contributed by atoms with Gasteiger partial charge in [-0.2, -0.15) is 20.4 Å². The summed E-state index contributed by atoms with van der Waals surface area (Å²) < 4.78 is 87.4. The SMILES string of the molecule is C[C@@H](Oc1cc(-c2cnn(C3CCNCC3)c2)cnc1N)c1c(Cl)ccc(F)c1Cl.C[C@@H](Oc1cc(-c2cnn(C3CCNCC3)c2)cnc1N)c1c(Cl)ccc(F)c1Cl.C[C@@H](Oc1cc(-c2cnn(C3CCNCC3)c2)cnc1N)c1c(Cl)ccc(F)c1Cl.C[C@@H](Oc1cc(-c2cnn(C3CCNCC3)c2)cnc1N)c1c(Cl)ccc(F)c1Cl. The van der Waals surface area contributed by atoms with Gasteiger partial charge in [-0.05, 0) is 204 Å². The molecule has 0 aliphatic carbocycles. The number of ether oxygens (including phenoxy) is 4. The number of nitrogens with zero attached hydrogens (tertiary/aromatic N) is 12. The van der Waals surface area contributed by atoms with Crippen molar-refractivity contribution in [3.05, 3.63) is 233 Å². The highest BCUT2D eigenvalue weighted by Crippen LogP contribution is 2.43. The van der Waals surface area contributed by atoms with Crippen LogP contribution in [0.5, 0.6) is 23.0 Å². The molecule has 12 aromatic rings. The number of hydrogen-bond donors (Lipinski definition) is 8. The first-order valence-corrected chi connectivity index (χ1v) is 42.0. The molecule has 16 rings (SSSR count). The minimum Gasteiger partial charge on any atom is -0.482 e. The first kappa shape index (κ1) is 88.4. The molecule has 4 saturated heterocycles. The smallest absolute Gasteiger partial charge is 0.166 e. The van der Waals surface area contributed by atoms with Gasteiger partial charge in [-0.3, -0.25) is 18.7 Å². The summed E-state index contributed by atoms with van der Waals surface area (Å²) in [6.07, 6.45) is 27.8. The Labute approximate surface area is 731 Å². The molecule has 120 heavy (non-hydrogen) atoms. The van der Waals surface area contributed by atoms with E-state index in [-0.39, 0.29) is 43.4 Å². The molecular weight excluding hydrogens is 1710 g/mol. The van der Waals surface area contributed by atoms with Gasteiger partial charge in [-0.15, -0.1) is 0 Å². The van der Waals surface area contributed by atoms with Gasteiger partial charge in [0.2, 0.25) is 0 Å². The lowest BCUT2D eigenvalue weighted by Gasteiger charge is -2.22. The Hall–Kier alpha value is -9.40. The number of nitrogen functional groups attached to an aromatic ring is 4. The molecule has 8 aromatic heterocycles. The number of nitrogens with one attached hydrogen (secondary N) is 4. The first-order chi connectivity index (χ1) is 57.7. The van der Waals surface area contributed by atoms with Crippen LogP contribution in [0.1, 0.15) is 150 Å². The minimum absolute atomic E-state index is 0.0686. The van der Waals surface area contributed by atoms with Gasteiger partial charge in [-0.1, -0.05) is 92.8 Å². The summed E-state index contributed by atoms with van der Waals surface area (Å²) in [6, 6.07) is 19.4. The molecule has 4 aliphatic heterocycles. The highest BCUT2D eigenvalue weighted by molar-refractivity contribution is 6.38. The van der Waals surface area contributed by atoms with Crippen molar-refractivity contribution >= 4 is 116 Å². The summed E-state index contributed by atoms with van der Waals surface area (Å²) in [6.45, 7) is 14.8. The van der Waals surface area contributed by atoms with Crippen LogP contribution in [-0.2, 0) is 0 Å². The van der Waals surface area contributed by atoms with Crippen molar-refractivity contribution in [2.45, 2.75) is 128 Å². The number of aromatic nitrogens is 12. The summed E-state index contributed by atoms with van der Waals surface area (Å²) in [5.41, 5.74) is 32.5. The number of piperidine rings is 4. The average Bonchev–Trinajstić information content (AvgIpc) is 1.31. The van der Waals surface area contributed by atoms with E-state index < -0.39 is 47.7 Å². The second-order valence-electron chi connectivity index (χ2n) is 29.3. The Morgan fingerprint density at radius 3 is 0.692 bits per heavy atom. The van der Waals surface area contributed by atoms with Crippen LogP contribution in [0.25, 0.3) is 44.5 Å². The van der Waals surface area contributed by atoms with Crippen molar-refractivity contribution < 1.29 is 36.5 Å². The Kier molecular flexibility index (Phi) is 29.8. The average molecular weight is 1800 g/mol. The van der Waals surface area contributed by atoms with E-state index in [1.54, 1.807) is 76.7 Å². The summed E-state index contributed by atoms with van der Waals surface area (Å²) in [7, 11) is 0. The minimum atomic E-state index is -0.627. The second kappa shape index (κ2) is 40.5. The van der Waals surface area contributed by atoms with Gasteiger partial charge in [0.25, 0.3) is 0 Å². The fourth-order valence-electron chi connectivity index (χ4n) is 14.5. The maximum atomic E-state index is 13.9. The Morgan fingerprint density at radius 2 is 0.500 bits per heavy atom. The van der Waals surface area contributed by atoms with E-state index in [1.807, 2.05) is 68.3 Å². The fraction of sp³-hybridized carbons (Fsp3) is 0.333. The highest BCUT2D eigenvalue weighted by Gasteiger charge is 2.28. The predicted octanol–water partition coefficient (Wildman–Crippen LogP) is 20.2. The predicted molar refractivity (Wildman–Crippen MR) is 466 cm³/mol. The molecule has 632 valence electrons. The quantitative estimate of drug-likeness (QED) is 0.0260. The van der Waals surface area contributed by atoms with Gasteiger partial charge in [0, 0.05) is 136 Å². The van der Waals surface area contributed by atoms with Gasteiger partial charge in [0.15, 0.2) is 46.3 Å². The van der Waals surface area contributed by atoms with Gasteiger partial charge < -0.3 is 63.1 Å². The monoisotopic (exact) mass is 1800 g/mol. The molecule has 12 N–H and O–H groups in total. The molecule has 4 aromatic carbocycles. The van der Waals surface area contributed by atoms with Crippen LogP contribution in [0, 0.1) is 23.3 Å². The molecule has 4 fully saturated rings. The fourth-order valence-corrected chi connectivity index (χ4v) is 17.2. The first-order valence-electron chi connectivity index (χ1n) is 39.0. The zero-order chi connectivity index (χ0) is 85.0. The molecule has 24 nitrogen and oxygen atoms in total. The van der Waals surface area contributed by atoms with E-state index in [1.165, 1.54) is 48.5 Å². The lowest BCUT2D eigenvalue weighted by molar-refractivity contribution is 0.227. The molecular formula is C84H88Cl8F4N20O4. The van der Waals surface area contributed by atoms with Gasteiger partial charge in [0.05, 0.1) is 69.0 Å². The number of pyridine rings is 4. The molecule has 0 unspecified atom stereocenters. The largest absolute Gasteiger partial charge is 0.482 e. The highest BCUT2D eigenvalue weighted by atomic mass is 35.5. The number of rotatable bonds is 20. The standard InChI is InChI=1S/4C21H22Cl2FN5O/c4*1-12(19-16(22)2-3-17(24)20(19)23)30-18-8-13(9-27-21(18)25)14-10-28-29(11-14)15-4-6-26-7-5-15/h4*2-3,8-12,15,26H,4-7H2,1H3,(H2,25,27)/t4*12-/m1111/s1. The van der Waals surface area contributed by atoms with Crippen LogP contribution in [0.4, 0.5) is 40.8 Å². The number of anilines is 4. The van der Waals surface area contributed by atoms with Gasteiger partial charge in [-0.25, -0.2) is 37.5 Å². The topological polar surface area (TPSA) is 312 Å². The summed E-state index contributed by atoms with van der Waals surface area (Å²) in [4.78, 5) is 17.0. The van der Waals surface area contributed by atoms with E-state index in [9.17, 15) is 17.6 Å². The third kappa shape index (κ3) is 21.4. The van der Waals surface area contributed by atoms with E-state index in [0.29, 0.717) is 89.5 Å². The van der Waals surface area contributed by atoms with Crippen LogP contribution in [0.15, 0.2) is 147 Å². The van der Waals surface area contributed by atoms with Crippen molar-refractivity contribution in [3.8, 4) is 67.5 Å². The number of halogens is 12. The van der Waals surface area contributed by atoms with Crippen molar-refractivity contribution in [2.75, 3.05) is 75.3 Å². The van der Waals surface area contributed by atoms with Crippen LogP contribution in [0.3, 0.4) is 0 Å². The number of hydrogen-bond acceptors (Lipinski definition) is 20. The van der Waals surface area contributed by atoms with E-state index >= 15 is 0 Å². The van der Waals surface area contributed by atoms with Gasteiger partial charge >= 0.3 is 0 Å². The molecule has 0 amide bonds. The van der Waals surface area contributed by atoms with Crippen molar-refractivity contribution in [1.29, 1.82) is 0 Å². The Morgan fingerprint density at radius 1 is 0.308 bits per heavy atom. The lowest BCUT2D eigenvalue weighted by atomic mass is 10.1. The van der Waals surface area contributed by atoms with Gasteiger partial charge in [0.1, 0.15) is 47.7 Å². The number of nitrogens with two attached hydrogens (primary N) is 4. The maximum absolute atomic E-state index is 13.9. The zero-order valence-corrected chi connectivity index (χ0v) is 71.7. The van der Waals surface area contributed by atoms with Crippen molar-refractivity contribution in [3.63, 3.8) is 0 Å². The molecule has 0 bridgehead atoms. The van der Waals surface area contributed by atoms with Crippen molar-refractivity contribution in [2.24, 2.45) is 0 Å². The normalized spacial score (nSPS) is 15.9. The lowest BCUT2D eigenvalue weighted by Crippen LogP contribution is -2.29. The van der Waals surface area contributed by atoms with Crippen LogP contribution in [0.2, 0.25) is 40.2 Å². The third-order valence-electron chi connectivity index (χ3n) is 21.2. The summed E-state index contributed by atoms with van der Waals surface area (Å²) >= 11 is 49.3. The van der Waals surface area contributed by atoms with Crippen LogP contribution in [-0.4, -0.2) is 111 Å². The van der Waals surface area contributed by atoms with Crippen LogP contribution >= 0.6 is 92.8 Å². The second-order valence-corrected chi connectivity index (χ2v) is 32.4. The maximum Gasteiger partial charge on any atom is 0.166 e. The molecule has 4 atom stereocenters. The summed E-state index contributed by atoms with van der Waals surface area (Å²) in [5, 5.41) is 32.5. The number of benzene rings is 4. The summed E-state index contributed by atoms with van der Waals surface area (Å²) in [5.74, 6) is 0.121. The van der Waals surface area contributed by atoms with Crippen molar-refractivity contribution in [1.82, 2.24) is 80.3 Å². The van der Waals surface area contributed by atoms with Crippen LogP contribution < -0.4 is 63.1 Å². The Balaban J connectivity index is 0.000000138. The molecule has 36 heteroatoms. The molecule has 0 saturated carbocycles. The molecule has 0 radical (unpaired) electrons. The van der Waals surface area contributed by atoms with E-state index in [2.05, 4.69) is 61.6 Å². The van der Waals surface area contributed by atoms with E-state index in [0.717, 1.165) is 148 Å².